The van der Waals surface area contributed by atoms with Crippen molar-refractivity contribution in [1.82, 2.24) is 0 Å². The lowest BCUT2D eigenvalue weighted by Gasteiger charge is -2.29. The highest BCUT2D eigenvalue weighted by Gasteiger charge is 2.22. The third-order valence-corrected chi connectivity index (χ3v) is 4.11. The van der Waals surface area contributed by atoms with E-state index in [1.165, 1.54) is 19.3 Å². The Hall–Kier alpha value is -0.830. The summed E-state index contributed by atoms with van der Waals surface area (Å²) in [5.41, 5.74) is 0.661. The predicted octanol–water partition coefficient (Wildman–Crippen LogP) is 4.22. The molecule has 2 rings (SSSR count). The van der Waals surface area contributed by atoms with Crippen LogP contribution in [0.5, 0.6) is 5.75 Å². The summed E-state index contributed by atoms with van der Waals surface area (Å²) in [4.78, 5) is 10.7. The highest BCUT2D eigenvalue weighted by Crippen LogP contribution is 2.29. The van der Waals surface area contributed by atoms with Crippen LogP contribution >= 0.6 is 15.9 Å². The number of hydrogen-bond donors (Lipinski definition) is 0. The molecule has 0 saturated heterocycles. The van der Waals surface area contributed by atoms with E-state index < -0.39 is 0 Å². The van der Waals surface area contributed by atoms with Crippen LogP contribution in [0.2, 0.25) is 0 Å². The third kappa shape index (κ3) is 3.09. The molecule has 3 heteroatoms. The summed E-state index contributed by atoms with van der Waals surface area (Å²) in [6.07, 6.45) is 6.11. The molecule has 2 atom stereocenters. The molecule has 1 saturated carbocycles. The molecule has 0 heterocycles. The van der Waals surface area contributed by atoms with E-state index in [0.717, 1.165) is 22.9 Å². The van der Waals surface area contributed by atoms with Crippen LogP contribution < -0.4 is 4.74 Å². The Balaban J connectivity index is 2.07. The van der Waals surface area contributed by atoms with Gasteiger partial charge in [-0.2, -0.15) is 0 Å². The van der Waals surface area contributed by atoms with Gasteiger partial charge in [0, 0.05) is 10.0 Å². The Morgan fingerprint density at radius 1 is 1.35 bits per heavy atom. The van der Waals surface area contributed by atoms with E-state index in [0.29, 0.717) is 17.6 Å². The molecule has 0 aromatic heterocycles. The van der Waals surface area contributed by atoms with Gasteiger partial charge in [0.05, 0.1) is 0 Å². The largest absolute Gasteiger partial charge is 0.490 e. The second-order valence-corrected chi connectivity index (χ2v) is 5.57. The zero-order valence-electron chi connectivity index (χ0n) is 9.99. The van der Waals surface area contributed by atoms with Crippen LogP contribution in [-0.4, -0.2) is 12.4 Å². The van der Waals surface area contributed by atoms with Gasteiger partial charge in [-0.05, 0) is 59.3 Å². The van der Waals surface area contributed by atoms with Crippen molar-refractivity contribution in [3.63, 3.8) is 0 Å². The molecule has 1 aromatic rings. The van der Waals surface area contributed by atoms with Crippen molar-refractivity contribution in [2.24, 2.45) is 5.92 Å². The molecule has 1 aliphatic rings. The Morgan fingerprint density at radius 3 is 2.76 bits per heavy atom. The number of rotatable bonds is 3. The molecule has 0 N–H and O–H groups in total. The lowest BCUT2D eigenvalue weighted by atomic mass is 9.88. The van der Waals surface area contributed by atoms with Gasteiger partial charge in [0.25, 0.3) is 0 Å². The average Bonchev–Trinajstić information content (AvgIpc) is 2.32. The van der Waals surface area contributed by atoms with Crippen molar-refractivity contribution >= 4 is 22.2 Å². The highest BCUT2D eigenvalue weighted by atomic mass is 79.9. The van der Waals surface area contributed by atoms with Gasteiger partial charge >= 0.3 is 0 Å². The summed E-state index contributed by atoms with van der Waals surface area (Å²) in [6.45, 7) is 2.25. The molecular formula is C14H17BrO2. The smallest absolute Gasteiger partial charge is 0.151 e. The summed E-state index contributed by atoms with van der Waals surface area (Å²) in [6, 6.07) is 5.54. The number of aldehydes is 1. The van der Waals surface area contributed by atoms with Gasteiger partial charge in [0.2, 0.25) is 0 Å². The van der Waals surface area contributed by atoms with Crippen molar-refractivity contribution in [1.29, 1.82) is 0 Å². The molecule has 1 fully saturated rings. The molecule has 0 aliphatic heterocycles. The summed E-state index contributed by atoms with van der Waals surface area (Å²) in [7, 11) is 0. The van der Waals surface area contributed by atoms with Crippen molar-refractivity contribution < 1.29 is 9.53 Å². The maximum absolute atomic E-state index is 10.7. The van der Waals surface area contributed by atoms with Crippen LogP contribution in [0.1, 0.15) is 43.0 Å². The minimum absolute atomic E-state index is 0.317. The van der Waals surface area contributed by atoms with Crippen molar-refractivity contribution in [2.45, 2.75) is 38.7 Å². The van der Waals surface area contributed by atoms with E-state index in [1.807, 2.05) is 12.1 Å². The molecule has 1 aliphatic carbocycles. The summed E-state index contributed by atoms with van der Waals surface area (Å²) in [5.74, 6) is 1.47. The Labute approximate surface area is 110 Å². The fraction of sp³-hybridized carbons (Fsp3) is 0.500. The highest BCUT2D eigenvalue weighted by molar-refractivity contribution is 9.10. The van der Waals surface area contributed by atoms with Crippen molar-refractivity contribution in [3.05, 3.63) is 28.2 Å². The van der Waals surface area contributed by atoms with Crippen molar-refractivity contribution in [3.8, 4) is 5.75 Å². The minimum atomic E-state index is 0.317. The quantitative estimate of drug-likeness (QED) is 0.781. The minimum Gasteiger partial charge on any atom is -0.490 e. The topological polar surface area (TPSA) is 26.3 Å². The number of halogens is 1. The lowest BCUT2D eigenvalue weighted by Crippen LogP contribution is -2.28. The fourth-order valence-corrected chi connectivity index (χ4v) is 2.76. The monoisotopic (exact) mass is 296 g/mol. The SMILES string of the molecule is CC1CCCCC1Oc1ccc(C=O)c(Br)c1. The molecule has 1 aromatic carbocycles. The maximum atomic E-state index is 10.7. The van der Waals surface area contributed by atoms with E-state index in [-0.39, 0.29) is 0 Å². The first-order chi connectivity index (χ1) is 8.20. The van der Waals surface area contributed by atoms with Crippen LogP contribution in [-0.2, 0) is 0 Å². The second kappa shape index (κ2) is 5.67. The summed E-state index contributed by atoms with van der Waals surface area (Å²) >= 11 is 3.38. The van der Waals surface area contributed by atoms with E-state index >= 15 is 0 Å². The number of ether oxygens (including phenoxy) is 1. The van der Waals surface area contributed by atoms with Crippen LogP contribution in [0.3, 0.4) is 0 Å². The second-order valence-electron chi connectivity index (χ2n) is 4.72. The van der Waals surface area contributed by atoms with Crippen molar-refractivity contribution in [2.75, 3.05) is 0 Å². The molecule has 0 bridgehead atoms. The summed E-state index contributed by atoms with van der Waals surface area (Å²) < 4.78 is 6.80. The fourth-order valence-electron chi connectivity index (χ4n) is 2.31. The standard InChI is InChI=1S/C14H17BrO2/c1-10-4-2-3-5-14(10)17-12-7-6-11(9-16)13(15)8-12/h6-10,14H,2-5H2,1H3. The Bertz CT molecular complexity index is 403. The summed E-state index contributed by atoms with van der Waals surface area (Å²) in [5, 5.41) is 0. The van der Waals surface area contributed by atoms with Crippen LogP contribution in [0.4, 0.5) is 0 Å². The Kier molecular flexibility index (Phi) is 4.21. The van der Waals surface area contributed by atoms with Crippen LogP contribution in [0, 0.1) is 5.92 Å². The maximum Gasteiger partial charge on any atom is 0.151 e. The van der Waals surface area contributed by atoms with Gasteiger partial charge < -0.3 is 4.74 Å². The van der Waals surface area contributed by atoms with E-state index in [2.05, 4.69) is 22.9 Å². The van der Waals surface area contributed by atoms with Gasteiger partial charge in [-0.3, -0.25) is 4.79 Å². The first kappa shape index (κ1) is 12.6. The first-order valence-electron chi connectivity index (χ1n) is 6.12. The number of benzene rings is 1. The average molecular weight is 297 g/mol. The molecule has 2 unspecified atom stereocenters. The zero-order chi connectivity index (χ0) is 12.3. The van der Waals surface area contributed by atoms with Gasteiger partial charge in [-0.1, -0.05) is 13.3 Å². The normalized spacial score (nSPS) is 24.4. The first-order valence-corrected chi connectivity index (χ1v) is 6.91. The molecule has 0 spiro atoms. The molecule has 92 valence electrons. The molecule has 0 radical (unpaired) electrons. The zero-order valence-corrected chi connectivity index (χ0v) is 11.6. The van der Waals surface area contributed by atoms with E-state index in [4.69, 9.17) is 4.74 Å². The number of carbonyl (C=O) groups is 1. The van der Waals surface area contributed by atoms with E-state index in [9.17, 15) is 4.79 Å². The van der Waals surface area contributed by atoms with Crippen LogP contribution in [0.25, 0.3) is 0 Å². The van der Waals surface area contributed by atoms with E-state index in [1.54, 1.807) is 6.07 Å². The van der Waals surface area contributed by atoms with Gasteiger partial charge in [0.15, 0.2) is 6.29 Å². The number of hydrogen-bond acceptors (Lipinski definition) is 2. The Morgan fingerprint density at radius 2 is 2.12 bits per heavy atom. The number of carbonyl (C=O) groups excluding carboxylic acids is 1. The molecule has 17 heavy (non-hydrogen) atoms. The molecule has 2 nitrogen and oxygen atoms in total. The lowest BCUT2D eigenvalue weighted by molar-refractivity contribution is 0.102. The molecule has 0 amide bonds. The molecular weight excluding hydrogens is 280 g/mol. The third-order valence-electron chi connectivity index (χ3n) is 3.42. The van der Waals surface area contributed by atoms with Crippen LogP contribution in [0.15, 0.2) is 22.7 Å². The van der Waals surface area contributed by atoms with Gasteiger partial charge in [-0.25, -0.2) is 0 Å². The van der Waals surface area contributed by atoms with Gasteiger partial charge in [0.1, 0.15) is 11.9 Å². The predicted molar refractivity (Wildman–Crippen MR) is 71.6 cm³/mol. The van der Waals surface area contributed by atoms with Gasteiger partial charge in [-0.15, -0.1) is 0 Å².